The maximum absolute atomic E-state index is 12.2. The fraction of sp³-hybridized carbons (Fsp3) is 0.409. The van der Waals surface area contributed by atoms with Gasteiger partial charge in [-0.05, 0) is 68.5 Å². The van der Waals surface area contributed by atoms with Crippen LogP contribution in [0.25, 0.3) is 0 Å². The lowest BCUT2D eigenvalue weighted by atomic mass is 9.99. The van der Waals surface area contributed by atoms with E-state index in [2.05, 4.69) is 52.8 Å². The van der Waals surface area contributed by atoms with Crippen molar-refractivity contribution in [1.82, 2.24) is 0 Å². The summed E-state index contributed by atoms with van der Waals surface area (Å²) in [6, 6.07) is 14.4. The fourth-order valence-corrected chi connectivity index (χ4v) is 3.39. The lowest BCUT2D eigenvalue weighted by molar-refractivity contribution is -0.114. The number of anilines is 3. The molecule has 4 nitrogen and oxygen atoms in total. The van der Waals surface area contributed by atoms with Gasteiger partial charge in [0.1, 0.15) is 0 Å². The zero-order valence-electron chi connectivity index (χ0n) is 16.0. The number of hydrogen-bond donors (Lipinski definition) is 2. The van der Waals surface area contributed by atoms with E-state index in [1.807, 2.05) is 26.0 Å². The normalized spacial score (nSPS) is 15.0. The number of rotatable bonds is 5. The van der Waals surface area contributed by atoms with Crippen molar-refractivity contribution in [2.24, 2.45) is 5.92 Å². The highest BCUT2D eigenvalue weighted by molar-refractivity contribution is 5.94. The first-order valence-electron chi connectivity index (χ1n) is 9.47. The minimum absolute atomic E-state index is 0.0361. The number of nitrogens with zero attached hydrogens (tertiary/aromatic N) is 1. The molecule has 4 heteroatoms. The summed E-state index contributed by atoms with van der Waals surface area (Å²) in [5.74, 6) is 0.800. The summed E-state index contributed by atoms with van der Waals surface area (Å²) in [7, 11) is 0. The van der Waals surface area contributed by atoms with E-state index in [4.69, 9.17) is 0 Å². The van der Waals surface area contributed by atoms with E-state index in [0.717, 1.165) is 35.9 Å². The van der Waals surface area contributed by atoms with Gasteiger partial charge >= 0.3 is 0 Å². The molecule has 0 bridgehead atoms. The summed E-state index contributed by atoms with van der Waals surface area (Å²) in [5, 5.41) is 6.17. The summed E-state index contributed by atoms with van der Waals surface area (Å²) < 4.78 is 0. The van der Waals surface area contributed by atoms with Crippen LogP contribution in [0.2, 0.25) is 0 Å². The molecule has 2 aromatic carbocycles. The first-order valence-corrected chi connectivity index (χ1v) is 9.47. The van der Waals surface area contributed by atoms with Crippen LogP contribution in [0, 0.1) is 19.8 Å². The maximum atomic E-state index is 12.2. The molecule has 0 spiro atoms. The monoisotopic (exact) mass is 351 g/mol. The number of carbonyl (C=O) groups excluding carboxylic acids is 1. The average Bonchev–Trinajstić information content (AvgIpc) is 2.63. The standard InChI is InChI=1S/C22H29N3O/c1-16-10-12-25(13-11-16)20-7-5-19(6-8-20)23-15-22(26)24-21-9-4-17(2)14-18(21)3/h4-9,14,16,23H,10-13,15H2,1-3H3,(H,24,26). The van der Waals surface area contributed by atoms with Gasteiger partial charge < -0.3 is 15.5 Å². The van der Waals surface area contributed by atoms with Gasteiger partial charge in [-0.15, -0.1) is 0 Å². The number of nitrogens with one attached hydrogen (secondary N) is 2. The van der Waals surface area contributed by atoms with E-state index in [-0.39, 0.29) is 12.5 Å². The van der Waals surface area contributed by atoms with E-state index in [9.17, 15) is 4.79 Å². The molecule has 26 heavy (non-hydrogen) atoms. The third-order valence-electron chi connectivity index (χ3n) is 5.13. The van der Waals surface area contributed by atoms with Crippen molar-refractivity contribution in [2.45, 2.75) is 33.6 Å². The first-order chi connectivity index (χ1) is 12.5. The summed E-state index contributed by atoms with van der Waals surface area (Å²) in [6.07, 6.45) is 2.52. The van der Waals surface area contributed by atoms with Gasteiger partial charge in [-0.25, -0.2) is 0 Å². The third-order valence-corrected chi connectivity index (χ3v) is 5.13. The van der Waals surface area contributed by atoms with Crippen LogP contribution in [0.1, 0.15) is 30.9 Å². The Balaban J connectivity index is 1.50. The molecule has 2 N–H and O–H groups in total. The Hall–Kier alpha value is -2.49. The van der Waals surface area contributed by atoms with Crippen LogP contribution >= 0.6 is 0 Å². The Morgan fingerprint density at radius 1 is 1.08 bits per heavy atom. The van der Waals surface area contributed by atoms with Gasteiger partial charge in [0.15, 0.2) is 0 Å². The van der Waals surface area contributed by atoms with E-state index in [0.29, 0.717) is 0 Å². The Labute approximate surface area is 156 Å². The van der Waals surface area contributed by atoms with Gasteiger partial charge in [-0.2, -0.15) is 0 Å². The molecule has 0 aliphatic carbocycles. The number of hydrogen-bond acceptors (Lipinski definition) is 3. The van der Waals surface area contributed by atoms with E-state index < -0.39 is 0 Å². The second-order valence-corrected chi connectivity index (χ2v) is 7.44. The predicted molar refractivity (Wildman–Crippen MR) is 110 cm³/mol. The minimum atomic E-state index is -0.0361. The summed E-state index contributed by atoms with van der Waals surface area (Å²) in [5.41, 5.74) is 5.38. The number of carbonyl (C=O) groups is 1. The zero-order valence-corrected chi connectivity index (χ0v) is 16.0. The van der Waals surface area contributed by atoms with E-state index in [1.54, 1.807) is 0 Å². The van der Waals surface area contributed by atoms with E-state index in [1.165, 1.54) is 24.1 Å². The van der Waals surface area contributed by atoms with Crippen LogP contribution in [0.4, 0.5) is 17.1 Å². The van der Waals surface area contributed by atoms with Crippen molar-refractivity contribution < 1.29 is 4.79 Å². The van der Waals surface area contributed by atoms with Crippen molar-refractivity contribution in [2.75, 3.05) is 35.2 Å². The molecule has 2 aromatic rings. The number of amides is 1. The first kappa shape index (κ1) is 18.3. The Morgan fingerprint density at radius 3 is 2.42 bits per heavy atom. The van der Waals surface area contributed by atoms with Crippen molar-refractivity contribution in [1.29, 1.82) is 0 Å². The predicted octanol–water partition coefficient (Wildman–Crippen LogP) is 4.59. The smallest absolute Gasteiger partial charge is 0.243 e. The SMILES string of the molecule is Cc1ccc(NC(=O)CNc2ccc(N3CCC(C)CC3)cc2)c(C)c1. The molecule has 138 valence electrons. The molecule has 1 amide bonds. The molecule has 3 rings (SSSR count). The van der Waals surface area contributed by atoms with Gasteiger partial charge in [-0.3, -0.25) is 4.79 Å². The van der Waals surface area contributed by atoms with Gasteiger partial charge in [0.25, 0.3) is 0 Å². The molecule has 0 atom stereocenters. The van der Waals surface area contributed by atoms with Crippen LogP contribution in [0.5, 0.6) is 0 Å². The molecule has 1 aliphatic heterocycles. The molecule has 0 radical (unpaired) electrons. The summed E-state index contributed by atoms with van der Waals surface area (Å²) >= 11 is 0. The molecule has 1 heterocycles. The number of aryl methyl sites for hydroxylation is 2. The van der Waals surface area contributed by atoms with Crippen LogP contribution in [0.15, 0.2) is 42.5 Å². The van der Waals surface area contributed by atoms with Crippen LogP contribution in [0.3, 0.4) is 0 Å². The van der Waals surface area contributed by atoms with Crippen LogP contribution < -0.4 is 15.5 Å². The zero-order chi connectivity index (χ0) is 18.5. The average molecular weight is 351 g/mol. The summed E-state index contributed by atoms with van der Waals surface area (Å²) in [6.45, 7) is 8.91. The molecular weight excluding hydrogens is 322 g/mol. The molecule has 0 saturated carbocycles. The molecule has 0 aromatic heterocycles. The Kier molecular flexibility index (Phi) is 5.82. The highest BCUT2D eigenvalue weighted by atomic mass is 16.1. The Bertz CT molecular complexity index is 746. The van der Waals surface area contributed by atoms with Crippen molar-refractivity contribution in [3.8, 4) is 0 Å². The Morgan fingerprint density at radius 2 is 1.77 bits per heavy atom. The lowest BCUT2D eigenvalue weighted by Gasteiger charge is -2.32. The van der Waals surface area contributed by atoms with Crippen molar-refractivity contribution in [3.05, 3.63) is 53.6 Å². The van der Waals surface area contributed by atoms with Crippen LogP contribution in [-0.4, -0.2) is 25.5 Å². The number of benzene rings is 2. The van der Waals surface area contributed by atoms with Crippen LogP contribution in [-0.2, 0) is 4.79 Å². The molecule has 1 aliphatic rings. The summed E-state index contributed by atoms with van der Waals surface area (Å²) in [4.78, 5) is 14.6. The van der Waals surface area contributed by atoms with Gasteiger partial charge in [0.2, 0.25) is 5.91 Å². The van der Waals surface area contributed by atoms with Crippen molar-refractivity contribution >= 4 is 23.0 Å². The minimum Gasteiger partial charge on any atom is -0.376 e. The van der Waals surface area contributed by atoms with E-state index >= 15 is 0 Å². The third kappa shape index (κ3) is 4.78. The topological polar surface area (TPSA) is 44.4 Å². The van der Waals surface area contributed by atoms with Gasteiger partial charge in [0.05, 0.1) is 6.54 Å². The van der Waals surface area contributed by atoms with Crippen molar-refractivity contribution in [3.63, 3.8) is 0 Å². The molecular formula is C22H29N3O. The van der Waals surface area contributed by atoms with Gasteiger partial charge in [0, 0.05) is 30.2 Å². The largest absolute Gasteiger partial charge is 0.376 e. The second-order valence-electron chi connectivity index (χ2n) is 7.44. The fourth-order valence-electron chi connectivity index (χ4n) is 3.39. The molecule has 1 saturated heterocycles. The second kappa shape index (κ2) is 8.26. The highest BCUT2D eigenvalue weighted by Gasteiger charge is 2.15. The lowest BCUT2D eigenvalue weighted by Crippen LogP contribution is -2.32. The molecule has 1 fully saturated rings. The molecule has 0 unspecified atom stereocenters. The highest BCUT2D eigenvalue weighted by Crippen LogP contribution is 2.24. The maximum Gasteiger partial charge on any atom is 0.243 e. The van der Waals surface area contributed by atoms with Gasteiger partial charge in [-0.1, -0.05) is 24.6 Å². The number of piperidine rings is 1. The quantitative estimate of drug-likeness (QED) is 0.828.